The predicted octanol–water partition coefficient (Wildman–Crippen LogP) is 1.19. The number of nitrogens with zero attached hydrogens (tertiary/aromatic N) is 3. The van der Waals surface area contributed by atoms with Crippen molar-refractivity contribution in [1.82, 2.24) is 9.88 Å². The molecule has 4 nitrogen and oxygen atoms in total. The van der Waals surface area contributed by atoms with Gasteiger partial charge in [0, 0.05) is 50.2 Å². The smallest absolute Gasteiger partial charge is 0.130 e. The summed E-state index contributed by atoms with van der Waals surface area (Å²) in [6.07, 6.45) is 1.78. The summed E-state index contributed by atoms with van der Waals surface area (Å²) >= 11 is 0. The van der Waals surface area contributed by atoms with Gasteiger partial charge in [-0.15, -0.1) is 0 Å². The molecule has 88 valence electrons. The second kappa shape index (κ2) is 4.70. The second-order valence-electron chi connectivity index (χ2n) is 4.56. The van der Waals surface area contributed by atoms with Crippen molar-refractivity contribution in [2.75, 3.05) is 36.8 Å². The van der Waals surface area contributed by atoms with E-state index >= 15 is 0 Å². The summed E-state index contributed by atoms with van der Waals surface area (Å²) < 4.78 is 0. The van der Waals surface area contributed by atoms with Crippen molar-refractivity contribution in [2.24, 2.45) is 0 Å². The first-order valence-electron chi connectivity index (χ1n) is 5.87. The topological polar surface area (TPSA) is 45.4 Å². The van der Waals surface area contributed by atoms with Crippen molar-refractivity contribution < 1.29 is 0 Å². The van der Waals surface area contributed by atoms with Gasteiger partial charge in [0.25, 0.3) is 0 Å². The molecule has 16 heavy (non-hydrogen) atoms. The van der Waals surface area contributed by atoms with Gasteiger partial charge >= 0.3 is 0 Å². The molecule has 1 fully saturated rings. The van der Waals surface area contributed by atoms with Crippen molar-refractivity contribution in [1.29, 1.82) is 0 Å². The quantitative estimate of drug-likeness (QED) is 0.813. The van der Waals surface area contributed by atoms with Crippen LogP contribution in [0.3, 0.4) is 0 Å². The minimum Gasteiger partial charge on any atom is -0.399 e. The Balaban J connectivity index is 1.99. The fourth-order valence-corrected chi connectivity index (χ4v) is 2.07. The Morgan fingerprint density at radius 1 is 1.25 bits per heavy atom. The minimum absolute atomic E-state index is 0.635. The standard InChI is InChI=1S/C12H20N4/c1-10(2)15-5-7-16(8-6-15)12-9-11(13)3-4-14-12/h3-4,9-10H,5-8H2,1-2H3,(H2,13,14). The third-order valence-corrected chi connectivity index (χ3v) is 3.14. The molecule has 0 bridgehead atoms. The van der Waals surface area contributed by atoms with Crippen LogP contribution in [0, 0.1) is 0 Å². The van der Waals surface area contributed by atoms with Gasteiger partial charge in [-0.25, -0.2) is 4.98 Å². The maximum atomic E-state index is 5.76. The van der Waals surface area contributed by atoms with Crippen LogP contribution in [-0.2, 0) is 0 Å². The number of nitrogen functional groups attached to an aromatic ring is 1. The first kappa shape index (κ1) is 11.2. The molecule has 0 atom stereocenters. The molecular weight excluding hydrogens is 200 g/mol. The van der Waals surface area contributed by atoms with Crippen LogP contribution in [0.5, 0.6) is 0 Å². The van der Waals surface area contributed by atoms with Gasteiger partial charge in [0.15, 0.2) is 0 Å². The first-order valence-corrected chi connectivity index (χ1v) is 5.87. The highest BCUT2D eigenvalue weighted by Crippen LogP contribution is 2.16. The van der Waals surface area contributed by atoms with Crippen LogP contribution in [0.1, 0.15) is 13.8 Å². The molecule has 0 aromatic carbocycles. The van der Waals surface area contributed by atoms with E-state index in [1.807, 2.05) is 12.1 Å². The molecule has 2 N–H and O–H groups in total. The lowest BCUT2D eigenvalue weighted by Crippen LogP contribution is -2.49. The number of nitrogens with two attached hydrogens (primary N) is 1. The monoisotopic (exact) mass is 220 g/mol. The Labute approximate surface area is 97.1 Å². The van der Waals surface area contributed by atoms with Gasteiger partial charge in [-0.2, -0.15) is 0 Å². The minimum atomic E-state index is 0.635. The summed E-state index contributed by atoms with van der Waals surface area (Å²) in [5, 5.41) is 0. The molecule has 2 heterocycles. The summed E-state index contributed by atoms with van der Waals surface area (Å²) in [5.41, 5.74) is 6.55. The molecule has 1 aromatic rings. The fraction of sp³-hybridized carbons (Fsp3) is 0.583. The van der Waals surface area contributed by atoms with E-state index in [-0.39, 0.29) is 0 Å². The molecule has 1 aliphatic rings. The van der Waals surface area contributed by atoms with E-state index in [1.165, 1.54) is 0 Å². The van der Waals surface area contributed by atoms with Gasteiger partial charge < -0.3 is 10.6 Å². The molecule has 0 spiro atoms. The van der Waals surface area contributed by atoms with Crippen molar-refractivity contribution in [2.45, 2.75) is 19.9 Å². The summed E-state index contributed by atoms with van der Waals surface area (Å²) in [7, 11) is 0. The van der Waals surface area contributed by atoms with Crippen LogP contribution in [0.15, 0.2) is 18.3 Å². The number of aromatic nitrogens is 1. The fourth-order valence-electron chi connectivity index (χ4n) is 2.07. The van der Waals surface area contributed by atoms with E-state index < -0.39 is 0 Å². The van der Waals surface area contributed by atoms with Crippen LogP contribution in [0.25, 0.3) is 0 Å². The Bertz CT molecular complexity index is 343. The van der Waals surface area contributed by atoms with Gasteiger partial charge in [0.1, 0.15) is 5.82 Å². The number of hydrogen-bond acceptors (Lipinski definition) is 4. The van der Waals surface area contributed by atoms with E-state index in [0.29, 0.717) is 6.04 Å². The Morgan fingerprint density at radius 3 is 2.50 bits per heavy atom. The Morgan fingerprint density at radius 2 is 1.94 bits per heavy atom. The number of pyridine rings is 1. The van der Waals surface area contributed by atoms with Gasteiger partial charge in [0.2, 0.25) is 0 Å². The Hall–Kier alpha value is -1.29. The lowest BCUT2D eigenvalue weighted by molar-refractivity contribution is 0.209. The lowest BCUT2D eigenvalue weighted by atomic mass is 10.2. The second-order valence-corrected chi connectivity index (χ2v) is 4.56. The predicted molar refractivity (Wildman–Crippen MR) is 67.6 cm³/mol. The zero-order valence-electron chi connectivity index (χ0n) is 10.1. The molecular formula is C12H20N4. The molecule has 0 amide bonds. The van der Waals surface area contributed by atoms with E-state index in [9.17, 15) is 0 Å². The average Bonchev–Trinajstić information content (AvgIpc) is 2.29. The van der Waals surface area contributed by atoms with Crippen LogP contribution >= 0.6 is 0 Å². The summed E-state index contributed by atoms with van der Waals surface area (Å²) in [6, 6.07) is 4.41. The van der Waals surface area contributed by atoms with Crippen molar-refractivity contribution in [3.05, 3.63) is 18.3 Å². The average molecular weight is 220 g/mol. The molecule has 0 saturated carbocycles. The van der Waals surface area contributed by atoms with Crippen LogP contribution < -0.4 is 10.6 Å². The summed E-state index contributed by atoms with van der Waals surface area (Å²) in [6.45, 7) is 8.77. The van der Waals surface area contributed by atoms with Crippen LogP contribution in [0.4, 0.5) is 11.5 Å². The molecule has 0 unspecified atom stereocenters. The number of anilines is 2. The lowest BCUT2D eigenvalue weighted by Gasteiger charge is -2.37. The van der Waals surface area contributed by atoms with Crippen LogP contribution in [-0.4, -0.2) is 42.1 Å². The molecule has 0 aliphatic carbocycles. The third-order valence-electron chi connectivity index (χ3n) is 3.14. The highest BCUT2D eigenvalue weighted by atomic mass is 15.3. The van der Waals surface area contributed by atoms with E-state index in [0.717, 1.165) is 37.7 Å². The maximum Gasteiger partial charge on any atom is 0.130 e. The van der Waals surface area contributed by atoms with E-state index in [2.05, 4.69) is 28.6 Å². The normalized spacial score (nSPS) is 18.1. The molecule has 1 aliphatic heterocycles. The first-order chi connectivity index (χ1) is 7.66. The molecule has 2 rings (SSSR count). The summed E-state index contributed by atoms with van der Waals surface area (Å²) in [5.74, 6) is 1.00. The van der Waals surface area contributed by atoms with Gasteiger partial charge in [0.05, 0.1) is 0 Å². The van der Waals surface area contributed by atoms with E-state index in [1.54, 1.807) is 6.20 Å². The molecule has 4 heteroatoms. The molecule has 0 radical (unpaired) electrons. The number of piperazine rings is 1. The zero-order chi connectivity index (χ0) is 11.5. The summed E-state index contributed by atoms with van der Waals surface area (Å²) in [4.78, 5) is 9.15. The molecule has 1 saturated heterocycles. The highest BCUT2D eigenvalue weighted by molar-refractivity contribution is 5.50. The van der Waals surface area contributed by atoms with Crippen molar-refractivity contribution in [3.8, 4) is 0 Å². The van der Waals surface area contributed by atoms with Gasteiger partial charge in [-0.3, -0.25) is 4.90 Å². The van der Waals surface area contributed by atoms with Crippen molar-refractivity contribution >= 4 is 11.5 Å². The zero-order valence-corrected chi connectivity index (χ0v) is 10.1. The SMILES string of the molecule is CC(C)N1CCN(c2cc(N)ccn2)CC1. The van der Waals surface area contributed by atoms with E-state index in [4.69, 9.17) is 5.73 Å². The van der Waals surface area contributed by atoms with Gasteiger partial charge in [-0.05, 0) is 19.9 Å². The third kappa shape index (κ3) is 2.44. The molecule has 1 aromatic heterocycles. The largest absolute Gasteiger partial charge is 0.399 e. The Kier molecular flexibility index (Phi) is 3.29. The van der Waals surface area contributed by atoms with Crippen LogP contribution in [0.2, 0.25) is 0 Å². The van der Waals surface area contributed by atoms with Gasteiger partial charge in [-0.1, -0.05) is 0 Å². The number of rotatable bonds is 2. The maximum absolute atomic E-state index is 5.76. The number of hydrogen-bond donors (Lipinski definition) is 1. The highest BCUT2D eigenvalue weighted by Gasteiger charge is 2.19. The van der Waals surface area contributed by atoms with Crippen molar-refractivity contribution in [3.63, 3.8) is 0 Å².